The third kappa shape index (κ3) is 2.66. The van der Waals surface area contributed by atoms with E-state index in [1.165, 1.54) is 0 Å². The summed E-state index contributed by atoms with van der Waals surface area (Å²) < 4.78 is 2.11. The summed E-state index contributed by atoms with van der Waals surface area (Å²) in [6, 6.07) is 13.0. The lowest BCUT2D eigenvalue weighted by Gasteiger charge is -2.03. The van der Waals surface area contributed by atoms with Crippen LogP contribution in [0.25, 0.3) is 10.2 Å². The van der Waals surface area contributed by atoms with Crippen LogP contribution in [0, 0.1) is 0 Å². The minimum atomic E-state index is -0.443. The second-order valence-electron chi connectivity index (χ2n) is 4.20. The van der Waals surface area contributed by atoms with E-state index < -0.39 is 5.91 Å². The minimum Gasteiger partial charge on any atom is -0.366 e. The van der Waals surface area contributed by atoms with Gasteiger partial charge >= 0.3 is 0 Å². The first kappa shape index (κ1) is 13.1. The molecule has 0 bridgehead atoms. The topological polar surface area (TPSA) is 68.0 Å². The van der Waals surface area contributed by atoms with Gasteiger partial charge in [0.25, 0.3) is 0 Å². The van der Waals surface area contributed by atoms with Crippen molar-refractivity contribution >= 4 is 54.2 Å². The summed E-state index contributed by atoms with van der Waals surface area (Å²) in [7, 11) is 0. The van der Waals surface area contributed by atoms with Gasteiger partial charge in [0.2, 0.25) is 5.91 Å². The molecule has 6 heteroatoms. The molecule has 0 aliphatic heterocycles. The highest BCUT2D eigenvalue weighted by Crippen LogP contribution is 2.30. The fraction of sp³-hybridized carbons (Fsp3) is 0. The Kier molecular flexibility index (Phi) is 3.42. The number of nitrogens with one attached hydrogen (secondary N) is 1. The van der Waals surface area contributed by atoms with Gasteiger partial charge in [-0.2, -0.15) is 0 Å². The molecule has 0 fully saturated rings. The lowest BCUT2D eigenvalue weighted by atomic mass is 10.2. The van der Waals surface area contributed by atoms with Gasteiger partial charge in [-0.25, -0.2) is 4.98 Å². The first-order chi connectivity index (χ1) is 9.61. The van der Waals surface area contributed by atoms with Gasteiger partial charge in [0.1, 0.15) is 0 Å². The first-order valence-electron chi connectivity index (χ1n) is 5.85. The predicted molar refractivity (Wildman–Crippen MR) is 85.6 cm³/mol. The van der Waals surface area contributed by atoms with Gasteiger partial charge in [-0.05, 0) is 36.4 Å². The molecule has 0 saturated heterocycles. The quantitative estimate of drug-likeness (QED) is 0.754. The van der Waals surface area contributed by atoms with Gasteiger partial charge in [-0.3, -0.25) is 4.79 Å². The molecule has 0 saturated carbocycles. The van der Waals surface area contributed by atoms with Crippen molar-refractivity contribution in [2.24, 2.45) is 5.73 Å². The number of hydrogen-bond donors (Lipinski definition) is 2. The Morgan fingerprint density at radius 3 is 2.90 bits per heavy atom. The zero-order valence-electron chi connectivity index (χ0n) is 10.3. The number of carbonyl (C=O) groups excluding carboxylic acids is 1. The van der Waals surface area contributed by atoms with E-state index in [0.29, 0.717) is 5.56 Å². The Hall–Kier alpha value is -1.92. The van der Waals surface area contributed by atoms with Crippen LogP contribution in [0.5, 0.6) is 0 Å². The number of fused-ring (bicyclic) bond motifs is 1. The fourth-order valence-corrected chi connectivity index (χ4v) is 3.26. The van der Waals surface area contributed by atoms with E-state index in [2.05, 4.69) is 26.2 Å². The molecule has 3 aromatic rings. The molecule has 1 aromatic heterocycles. The number of nitrogens with zero attached hydrogens (tertiary/aromatic N) is 1. The number of carbonyl (C=O) groups is 1. The summed E-state index contributed by atoms with van der Waals surface area (Å²) in [5.74, 6) is -0.443. The maximum absolute atomic E-state index is 11.2. The van der Waals surface area contributed by atoms with Crippen molar-refractivity contribution in [1.82, 2.24) is 4.98 Å². The summed E-state index contributed by atoms with van der Waals surface area (Å²) in [6.07, 6.45) is 0. The van der Waals surface area contributed by atoms with Crippen molar-refractivity contribution in [1.29, 1.82) is 0 Å². The van der Waals surface area contributed by atoms with Crippen molar-refractivity contribution in [3.05, 3.63) is 52.5 Å². The van der Waals surface area contributed by atoms with Crippen LogP contribution in [0.15, 0.2) is 46.9 Å². The Bertz CT molecular complexity index is 800. The highest BCUT2D eigenvalue weighted by molar-refractivity contribution is 9.10. The molecule has 0 atom stereocenters. The smallest absolute Gasteiger partial charge is 0.248 e. The molecule has 100 valence electrons. The number of rotatable bonds is 3. The number of halogens is 1. The van der Waals surface area contributed by atoms with Gasteiger partial charge in [0.15, 0.2) is 5.13 Å². The molecule has 1 heterocycles. The van der Waals surface area contributed by atoms with E-state index in [1.807, 2.05) is 24.3 Å². The molecule has 20 heavy (non-hydrogen) atoms. The van der Waals surface area contributed by atoms with Gasteiger partial charge in [0.05, 0.1) is 10.2 Å². The van der Waals surface area contributed by atoms with Gasteiger partial charge in [-0.15, -0.1) is 0 Å². The zero-order valence-corrected chi connectivity index (χ0v) is 12.7. The molecule has 3 N–H and O–H groups in total. The van der Waals surface area contributed by atoms with Gasteiger partial charge in [-0.1, -0.05) is 33.3 Å². The molecular formula is C14H10BrN3OS. The summed E-state index contributed by atoms with van der Waals surface area (Å²) in [5.41, 5.74) is 7.47. The van der Waals surface area contributed by atoms with Gasteiger partial charge < -0.3 is 11.1 Å². The standard InChI is InChI=1S/C14H10BrN3OS/c15-9-4-5-11-12(7-9)20-14(18-11)17-10-3-1-2-8(6-10)13(16)19/h1-7H,(H2,16,19)(H,17,18). The highest BCUT2D eigenvalue weighted by Gasteiger charge is 2.06. The van der Waals surface area contributed by atoms with E-state index in [1.54, 1.807) is 29.5 Å². The average Bonchev–Trinajstić information content (AvgIpc) is 2.80. The molecule has 1 amide bonds. The number of benzene rings is 2. The van der Waals surface area contributed by atoms with E-state index in [0.717, 1.165) is 25.5 Å². The SMILES string of the molecule is NC(=O)c1cccc(Nc2nc3ccc(Br)cc3s2)c1. The summed E-state index contributed by atoms with van der Waals surface area (Å²) in [6.45, 7) is 0. The fourth-order valence-electron chi connectivity index (χ4n) is 1.83. The maximum Gasteiger partial charge on any atom is 0.248 e. The molecule has 0 radical (unpaired) electrons. The van der Waals surface area contributed by atoms with Crippen LogP contribution in [-0.2, 0) is 0 Å². The van der Waals surface area contributed by atoms with Crippen molar-refractivity contribution < 1.29 is 4.79 Å². The highest BCUT2D eigenvalue weighted by atomic mass is 79.9. The van der Waals surface area contributed by atoms with Crippen LogP contribution in [0.4, 0.5) is 10.8 Å². The van der Waals surface area contributed by atoms with Crippen LogP contribution >= 0.6 is 27.3 Å². The largest absolute Gasteiger partial charge is 0.366 e. The second-order valence-corrected chi connectivity index (χ2v) is 6.15. The number of primary amides is 1. The molecule has 0 spiro atoms. The third-order valence-electron chi connectivity index (χ3n) is 2.75. The first-order valence-corrected chi connectivity index (χ1v) is 7.46. The molecular weight excluding hydrogens is 338 g/mol. The van der Waals surface area contributed by atoms with Crippen LogP contribution in [-0.4, -0.2) is 10.9 Å². The Morgan fingerprint density at radius 1 is 1.25 bits per heavy atom. The number of anilines is 2. The Labute approximate surface area is 127 Å². The summed E-state index contributed by atoms with van der Waals surface area (Å²) in [4.78, 5) is 15.7. The number of thiazole rings is 1. The zero-order chi connectivity index (χ0) is 14.1. The van der Waals surface area contributed by atoms with Crippen molar-refractivity contribution in [2.75, 3.05) is 5.32 Å². The van der Waals surface area contributed by atoms with Crippen molar-refractivity contribution in [3.63, 3.8) is 0 Å². The summed E-state index contributed by atoms with van der Waals surface area (Å²) >= 11 is 4.99. The Morgan fingerprint density at radius 2 is 2.10 bits per heavy atom. The lowest BCUT2D eigenvalue weighted by molar-refractivity contribution is 0.100. The second kappa shape index (κ2) is 5.22. The molecule has 4 nitrogen and oxygen atoms in total. The molecule has 0 aliphatic rings. The number of hydrogen-bond acceptors (Lipinski definition) is 4. The predicted octanol–water partition coefficient (Wildman–Crippen LogP) is 3.90. The van der Waals surface area contributed by atoms with Crippen molar-refractivity contribution in [2.45, 2.75) is 0 Å². The third-order valence-corrected chi connectivity index (χ3v) is 4.18. The molecule has 0 aliphatic carbocycles. The normalized spacial score (nSPS) is 10.7. The molecule has 2 aromatic carbocycles. The maximum atomic E-state index is 11.2. The molecule has 0 unspecified atom stereocenters. The van der Waals surface area contributed by atoms with Crippen LogP contribution < -0.4 is 11.1 Å². The minimum absolute atomic E-state index is 0.443. The summed E-state index contributed by atoms with van der Waals surface area (Å²) in [5, 5.41) is 3.97. The van der Waals surface area contributed by atoms with Crippen LogP contribution in [0.1, 0.15) is 10.4 Å². The van der Waals surface area contributed by atoms with E-state index in [9.17, 15) is 4.79 Å². The lowest BCUT2D eigenvalue weighted by Crippen LogP contribution is -2.10. The van der Waals surface area contributed by atoms with Crippen LogP contribution in [0.3, 0.4) is 0 Å². The van der Waals surface area contributed by atoms with Crippen LogP contribution in [0.2, 0.25) is 0 Å². The van der Waals surface area contributed by atoms with Gasteiger partial charge in [0, 0.05) is 15.7 Å². The van der Waals surface area contributed by atoms with E-state index in [4.69, 9.17) is 5.73 Å². The van der Waals surface area contributed by atoms with E-state index in [-0.39, 0.29) is 0 Å². The van der Waals surface area contributed by atoms with Crippen molar-refractivity contribution in [3.8, 4) is 0 Å². The van der Waals surface area contributed by atoms with E-state index >= 15 is 0 Å². The number of amides is 1. The number of nitrogens with two attached hydrogens (primary N) is 1. The average molecular weight is 348 g/mol. The Balaban J connectivity index is 1.92. The monoisotopic (exact) mass is 347 g/mol. The number of aromatic nitrogens is 1. The molecule has 3 rings (SSSR count).